The number of aromatic nitrogens is 1. The number of pyridine rings is 1. The molecule has 2 aromatic rings. The minimum Gasteiger partial charge on any atom is -0.357 e. The van der Waals surface area contributed by atoms with E-state index < -0.39 is 0 Å². The third-order valence-corrected chi connectivity index (χ3v) is 4.87. The summed E-state index contributed by atoms with van der Waals surface area (Å²) in [6.07, 6.45) is 0. The van der Waals surface area contributed by atoms with E-state index in [0.717, 1.165) is 60.4 Å². The van der Waals surface area contributed by atoms with Gasteiger partial charge in [-0.05, 0) is 44.9 Å². The third-order valence-electron chi connectivity index (χ3n) is 4.87. The maximum atomic E-state index is 12.4. The zero-order valence-electron chi connectivity index (χ0n) is 14.6. The Labute approximate surface area is 138 Å². The molecule has 0 bridgehead atoms. The molecule has 1 aliphatic heterocycles. The number of hydrogen-bond donors (Lipinski definition) is 1. The average Bonchev–Trinajstić information content (AvgIpc) is 2.49. The molecule has 0 atom stereocenters. The monoisotopic (exact) mass is 313 g/mol. The first kappa shape index (κ1) is 16.2. The average molecular weight is 313 g/mol. The van der Waals surface area contributed by atoms with Gasteiger partial charge in [0.2, 0.25) is 0 Å². The number of H-pyrrole nitrogens is 1. The van der Waals surface area contributed by atoms with E-state index in [0.29, 0.717) is 6.04 Å². The molecule has 4 nitrogen and oxygen atoms in total. The highest BCUT2D eigenvalue weighted by molar-refractivity contribution is 5.82. The molecular formula is C19H27N3O. The maximum absolute atomic E-state index is 12.4. The fraction of sp³-hybridized carbons (Fsp3) is 0.526. The summed E-state index contributed by atoms with van der Waals surface area (Å²) in [7, 11) is 0. The molecule has 1 aromatic heterocycles. The standard InChI is InChI=1S/C19H27N3O/c1-13(2)22-7-5-21(6-8-22)12-16-11-18(23)17-10-14(3)9-15(4)19(17)20-16/h9-11,13H,5-8,12H2,1-4H3,(H,20,23). The van der Waals surface area contributed by atoms with Crippen molar-refractivity contribution in [2.24, 2.45) is 0 Å². The van der Waals surface area contributed by atoms with Crippen LogP contribution >= 0.6 is 0 Å². The predicted octanol–water partition coefficient (Wildman–Crippen LogP) is 2.67. The minimum absolute atomic E-state index is 0.126. The van der Waals surface area contributed by atoms with Crippen LogP contribution in [-0.4, -0.2) is 47.0 Å². The van der Waals surface area contributed by atoms with Crippen LogP contribution < -0.4 is 5.43 Å². The van der Waals surface area contributed by atoms with E-state index in [1.54, 1.807) is 6.07 Å². The lowest BCUT2D eigenvalue weighted by Gasteiger charge is -2.36. The van der Waals surface area contributed by atoms with Gasteiger partial charge in [-0.25, -0.2) is 0 Å². The van der Waals surface area contributed by atoms with Crippen LogP contribution in [0.25, 0.3) is 10.9 Å². The van der Waals surface area contributed by atoms with Crippen LogP contribution in [0.15, 0.2) is 23.0 Å². The fourth-order valence-electron chi connectivity index (χ4n) is 3.52. The lowest BCUT2D eigenvalue weighted by Crippen LogP contribution is -2.48. The lowest BCUT2D eigenvalue weighted by molar-refractivity contribution is 0.103. The summed E-state index contributed by atoms with van der Waals surface area (Å²) < 4.78 is 0. The molecule has 0 amide bonds. The van der Waals surface area contributed by atoms with Crippen molar-refractivity contribution >= 4 is 10.9 Å². The lowest BCUT2D eigenvalue weighted by atomic mass is 10.1. The minimum atomic E-state index is 0.126. The second-order valence-corrected chi connectivity index (χ2v) is 7.07. The second kappa shape index (κ2) is 6.46. The highest BCUT2D eigenvalue weighted by Gasteiger charge is 2.19. The Morgan fingerprint density at radius 2 is 1.78 bits per heavy atom. The zero-order chi connectivity index (χ0) is 16.6. The zero-order valence-corrected chi connectivity index (χ0v) is 14.6. The molecule has 1 N–H and O–H groups in total. The molecule has 4 heteroatoms. The molecule has 0 saturated carbocycles. The van der Waals surface area contributed by atoms with Crippen LogP contribution in [-0.2, 0) is 6.54 Å². The van der Waals surface area contributed by atoms with E-state index in [4.69, 9.17) is 0 Å². The summed E-state index contributed by atoms with van der Waals surface area (Å²) in [5.41, 5.74) is 4.41. The van der Waals surface area contributed by atoms with Crippen molar-refractivity contribution in [3.63, 3.8) is 0 Å². The van der Waals surface area contributed by atoms with Gasteiger partial charge in [0.15, 0.2) is 5.43 Å². The summed E-state index contributed by atoms with van der Waals surface area (Å²) in [6.45, 7) is 13.8. The number of nitrogens with zero attached hydrogens (tertiary/aromatic N) is 2. The molecule has 1 aliphatic rings. The van der Waals surface area contributed by atoms with Gasteiger partial charge in [0.1, 0.15) is 0 Å². The number of piperazine rings is 1. The van der Waals surface area contributed by atoms with E-state index in [1.165, 1.54) is 0 Å². The van der Waals surface area contributed by atoms with Crippen molar-refractivity contribution < 1.29 is 0 Å². The first-order chi connectivity index (χ1) is 10.9. The Kier molecular flexibility index (Phi) is 4.55. The van der Waals surface area contributed by atoms with E-state index in [9.17, 15) is 4.79 Å². The number of rotatable bonds is 3. The van der Waals surface area contributed by atoms with Crippen molar-refractivity contribution in [2.45, 2.75) is 40.3 Å². The van der Waals surface area contributed by atoms with Gasteiger partial charge in [-0.1, -0.05) is 6.07 Å². The van der Waals surface area contributed by atoms with Crippen LogP contribution in [0.4, 0.5) is 0 Å². The van der Waals surface area contributed by atoms with Gasteiger partial charge in [-0.15, -0.1) is 0 Å². The SMILES string of the molecule is Cc1cc(C)c2[nH]c(CN3CCN(C(C)C)CC3)cc(=O)c2c1. The molecular weight excluding hydrogens is 286 g/mol. The largest absolute Gasteiger partial charge is 0.357 e. The predicted molar refractivity (Wildman–Crippen MR) is 96.0 cm³/mol. The quantitative estimate of drug-likeness (QED) is 0.947. The Bertz CT molecular complexity index is 755. The number of aromatic amines is 1. The molecule has 3 rings (SSSR count). The highest BCUT2D eigenvalue weighted by Crippen LogP contribution is 2.17. The van der Waals surface area contributed by atoms with Gasteiger partial charge >= 0.3 is 0 Å². The van der Waals surface area contributed by atoms with Gasteiger partial charge in [0.05, 0.1) is 5.52 Å². The number of hydrogen-bond acceptors (Lipinski definition) is 3. The second-order valence-electron chi connectivity index (χ2n) is 7.07. The summed E-state index contributed by atoms with van der Waals surface area (Å²) in [5, 5.41) is 0.802. The van der Waals surface area contributed by atoms with Crippen LogP contribution in [0.1, 0.15) is 30.7 Å². The smallest absolute Gasteiger partial charge is 0.189 e. The molecule has 2 heterocycles. The number of fused-ring (bicyclic) bond motifs is 1. The van der Waals surface area contributed by atoms with Crippen LogP contribution in [0.5, 0.6) is 0 Å². The van der Waals surface area contributed by atoms with Crippen LogP contribution in [0, 0.1) is 13.8 Å². The molecule has 0 radical (unpaired) electrons. The number of nitrogens with one attached hydrogen (secondary N) is 1. The van der Waals surface area contributed by atoms with Crippen molar-refractivity contribution in [3.05, 3.63) is 45.2 Å². The van der Waals surface area contributed by atoms with Gasteiger partial charge in [-0.3, -0.25) is 14.6 Å². The Morgan fingerprint density at radius 3 is 2.43 bits per heavy atom. The van der Waals surface area contributed by atoms with Gasteiger partial charge in [0.25, 0.3) is 0 Å². The third kappa shape index (κ3) is 3.48. The van der Waals surface area contributed by atoms with Gasteiger partial charge < -0.3 is 4.98 Å². The molecule has 0 unspecified atom stereocenters. The summed E-state index contributed by atoms with van der Waals surface area (Å²) in [4.78, 5) is 20.9. The van der Waals surface area contributed by atoms with Crippen molar-refractivity contribution in [3.8, 4) is 0 Å². The molecule has 1 fully saturated rings. The first-order valence-electron chi connectivity index (χ1n) is 8.53. The van der Waals surface area contributed by atoms with E-state index in [2.05, 4.69) is 41.6 Å². The molecule has 0 aliphatic carbocycles. The van der Waals surface area contributed by atoms with Gasteiger partial charge in [-0.2, -0.15) is 0 Å². The van der Waals surface area contributed by atoms with Crippen LogP contribution in [0.2, 0.25) is 0 Å². The fourth-order valence-corrected chi connectivity index (χ4v) is 3.52. The molecule has 124 valence electrons. The molecule has 0 spiro atoms. The topological polar surface area (TPSA) is 39.3 Å². The Balaban J connectivity index is 1.81. The normalized spacial score (nSPS) is 17.3. The first-order valence-corrected chi connectivity index (χ1v) is 8.53. The maximum Gasteiger partial charge on any atom is 0.189 e. The Morgan fingerprint density at radius 1 is 1.09 bits per heavy atom. The molecule has 1 saturated heterocycles. The van der Waals surface area contributed by atoms with E-state index >= 15 is 0 Å². The summed E-state index contributed by atoms with van der Waals surface area (Å²) >= 11 is 0. The molecule has 23 heavy (non-hydrogen) atoms. The highest BCUT2D eigenvalue weighted by atomic mass is 16.1. The summed E-state index contributed by atoms with van der Waals surface area (Å²) in [5.74, 6) is 0. The van der Waals surface area contributed by atoms with Crippen molar-refractivity contribution in [1.82, 2.24) is 14.8 Å². The Hall–Kier alpha value is -1.65. The van der Waals surface area contributed by atoms with E-state index in [-0.39, 0.29) is 5.43 Å². The number of aryl methyl sites for hydroxylation is 2. The van der Waals surface area contributed by atoms with E-state index in [1.807, 2.05) is 13.0 Å². The van der Waals surface area contributed by atoms with Crippen molar-refractivity contribution in [1.29, 1.82) is 0 Å². The number of benzene rings is 1. The van der Waals surface area contributed by atoms with Crippen molar-refractivity contribution in [2.75, 3.05) is 26.2 Å². The van der Waals surface area contributed by atoms with Crippen LogP contribution in [0.3, 0.4) is 0 Å². The van der Waals surface area contributed by atoms with Gasteiger partial charge in [0, 0.05) is 55.9 Å². The summed E-state index contributed by atoms with van der Waals surface area (Å²) in [6, 6.07) is 6.50. The molecule has 1 aromatic carbocycles.